The number of benzene rings is 1. The van der Waals surface area contributed by atoms with E-state index in [0.29, 0.717) is 17.3 Å². The van der Waals surface area contributed by atoms with E-state index in [9.17, 15) is 13.6 Å². The lowest BCUT2D eigenvalue weighted by Gasteiger charge is -2.42. The number of rotatable bonds is 15. The summed E-state index contributed by atoms with van der Waals surface area (Å²) >= 11 is 0. The van der Waals surface area contributed by atoms with Crippen molar-refractivity contribution in [3.8, 4) is 0 Å². The topological polar surface area (TPSA) is 44.7 Å². The number of aliphatic imine (C=N–C) groups is 1. The fraction of sp³-hybridized carbons (Fsp3) is 0.474. The van der Waals surface area contributed by atoms with Crippen LogP contribution in [0, 0.1) is 5.92 Å². The number of fused-ring (bicyclic) bond motifs is 1. The number of nitrogens with zero attached hydrogens (tertiary/aromatic N) is 2. The molecule has 1 fully saturated rings. The van der Waals surface area contributed by atoms with Crippen molar-refractivity contribution in [1.29, 1.82) is 0 Å². The molecule has 1 heterocycles. The van der Waals surface area contributed by atoms with E-state index in [2.05, 4.69) is 62.3 Å². The Hall–Kier alpha value is -3.54. The van der Waals surface area contributed by atoms with E-state index in [4.69, 9.17) is 4.99 Å². The molecule has 0 saturated heterocycles. The van der Waals surface area contributed by atoms with Crippen molar-refractivity contribution in [2.24, 2.45) is 10.9 Å². The second-order valence-corrected chi connectivity index (χ2v) is 12.2. The van der Waals surface area contributed by atoms with Crippen LogP contribution in [0.3, 0.4) is 0 Å². The zero-order chi connectivity index (χ0) is 32.6. The maximum Gasteiger partial charge on any atom is 0.237 e. The van der Waals surface area contributed by atoms with Crippen LogP contribution >= 0.6 is 0 Å². The van der Waals surface area contributed by atoms with Crippen LogP contribution in [-0.2, 0) is 10.2 Å². The Kier molecular flexibility index (Phi) is 12.3. The van der Waals surface area contributed by atoms with Crippen LogP contribution in [-0.4, -0.2) is 18.2 Å². The molecule has 1 aromatic rings. The van der Waals surface area contributed by atoms with Gasteiger partial charge in [0.15, 0.2) is 11.7 Å². The Bertz CT molecular complexity index is 1400. The first kappa shape index (κ1) is 34.9. The number of allylic oxidation sites excluding steroid dienone is 8. The van der Waals surface area contributed by atoms with Crippen LogP contribution in [0.5, 0.6) is 0 Å². The lowest BCUT2D eigenvalue weighted by molar-refractivity contribution is -0.124. The third kappa shape index (κ3) is 7.22. The molecule has 4 nitrogen and oxygen atoms in total. The first-order valence-electron chi connectivity index (χ1n) is 16.2. The molecule has 1 saturated carbocycles. The van der Waals surface area contributed by atoms with Crippen LogP contribution in [0.4, 0.5) is 14.5 Å². The molecule has 44 heavy (non-hydrogen) atoms. The molecule has 3 rings (SSSR count). The van der Waals surface area contributed by atoms with E-state index in [0.717, 1.165) is 79.3 Å². The van der Waals surface area contributed by atoms with Gasteiger partial charge in [0.05, 0.1) is 16.8 Å². The van der Waals surface area contributed by atoms with Crippen molar-refractivity contribution in [2.75, 3.05) is 4.90 Å². The standard InChI is InChI=1S/C38H51F2N3O/c1-10-15-33(36(40)27(8)39)42-28(9)26(7)34(41-20-13-4)21-25(6)30-16-17-32-35(24-30)43(31-22-29(14-5)23-31)37(44)38(32,18-11-2)19-12-3/h10,15-17,20-21,24,29,31,42H,6,8,11-14,18-19,22-23H2,1-5,7,9H3/b15-10-,28-26+,34-21+,36-33-,41-20?. The van der Waals surface area contributed by atoms with E-state index in [1.54, 1.807) is 19.9 Å². The first-order valence-corrected chi connectivity index (χ1v) is 16.2. The average molecular weight is 604 g/mol. The molecule has 1 aliphatic heterocycles. The largest absolute Gasteiger partial charge is 0.356 e. The summed E-state index contributed by atoms with van der Waals surface area (Å²) in [5.41, 5.74) is 5.41. The molecule has 0 radical (unpaired) electrons. The number of nitrogens with one attached hydrogen (secondary N) is 1. The molecular weight excluding hydrogens is 552 g/mol. The van der Waals surface area contributed by atoms with Crippen molar-refractivity contribution >= 4 is 23.4 Å². The van der Waals surface area contributed by atoms with Gasteiger partial charge in [-0.25, -0.2) is 8.78 Å². The molecule has 0 atom stereocenters. The van der Waals surface area contributed by atoms with Crippen LogP contribution in [0.15, 0.2) is 88.9 Å². The molecule has 2 aliphatic rings. The predicted molar refractivity (Wildman–Crippen MR) is 183 cm³/mol. The van der Waals surface area contributed by atoms with E-state index in [-0.39, 0.29) is 17.6 Å². The van der Waals surface area contributed by atoms with Gasteiger partial charge in [0.25, 0.3) is 0 Å². The third-order valence-corrected chi connectivity index (χ3v) is 9.08. The highest BCUT2D eigenvalue weighted by atomic mass is 19.2. The summed E-state index contributed by atoms with van der Waals surface area (Å²) in [6.07, 6.45) is 14.4. The predicted octanol–water partition coefficient (Wildman–Crippen LogP) is 10.6. The molecular formula is C38H51F2N3O. The van der Waals surface area contributed by atoms with Crippen molar-refractivity contribution in [2.45, 2.75) is 111 Å². The summed E-state index contributed by atoms with van der Waals surface area (Å²) in [4.78, 5) is 21.1. The van der Waals surface area contributed by atoms with Crippen LogP contribution in [0.25, 0.3) is 5.57 Å². The van der Waals surface area contributed by atoms with Crippen LogP contribution < -0.4 is 10.2 Å². The monoisotopic (exact) mass is 603 g/mol. The molecule has 1 aliphatic carbocycles. The van der Waals surface area contributed by atoms with Gasteiger partial charge in [-0.3, -0.25) is 9.79 Å². The fourth-order valence-corrected chi connectivity index (χ4v) is 6.51. The maximum atomic E-state index is 14.5. The zero-order valence-corrected chi connectivity index (χ0v) is 27.8. The van der Waals surface area contributed by atoms with Gasteiger partial charge in [0, 0.05) is 23.6 Å². The molecule has 1 amide bonds. The fourth-order valence-electron chi connectivity index (χ4n) is 6.51. The quantitative estimate of drug-likeness (QED) is 0.160. The molecule has 1 N–H and O–H groups in total. The number of hydrogen-bond acceptors (Lipinski definition) is 3. The second kappa shape index (κ2) is 15.5. The Labute approximate surface area is 264 Å². The Morgan fingerprint density at radius 1 is 1.11 bits per heavy atom. The Morgan fingerprint density at radius 3 is 2.32 bits per heavy atom. The van der Waals surface area contributed by atoms with Crippen molar-refractivity contribution in [3.05, 3.63) is 95.0 Å². The lowest BCUT2D eigenvalue weighted by Crippen LogP contribution is -2.50. The highest BCUT2D eigenvalue weighted by Gasteiger charge is 2.52. The highest BCUT2D eigenvalue weighted by molar-refractivity contribution is 6.09. The molecule has 0 aromatic heterocycles. The number of halogens is 2. The van der Waals surface area contributed by atoms with Gasteiger partial charge in [-0.1, -0.05) is 78.3 Å². The van der Waals surface area contributed by atoms with Gasteiger partial charge in [-0.15, -0.1) is 0 Å². The summed E-state index contributed by atoms with van der Waals surface area (Å²) < 4.78 is 28.1. The summed E-state index contributed by atoms with van der Waals surface area (Å²) in [5, 5.41) is 2.99. The smallest absolute Gasteiger partial charge is 0.237 e. The van der Waals surface area contributed by atoms with E-state index in [1.807, 2.05) is 26.1 Å². The molecule has 0 spiro atoms. The maximum absolute atomic E-state index is 14.5. The number of amides is 1. The van der Waals surface area contributed by atoms with E-state index < -0.39 is 17.1 Å². The van der Waals surface area contributed by atoms with Gasteiger partial charge in [0.1, 0.15) is 0 Å². The lowest BCUT2D eigenvalue weighted by atomic mass is 9.73. The van der Waals surface area contributed by atoms with Crippen LogP contribution in [0.1, 0.15) is 111 Å². The number of anilines is 1. The summed E-state index contributed by atoms with van der Waals surface area (Å²) in [7, 11) is 0. The third-order valence-electron chi connectivity index (χ3n) is 9.08. The van der Waals surface area contributed by atoms with Crippen molar-refractivity contribution in [3.63, 3.8) is 0 Å². The Morgan fingerprint density at radius 2 is 1.77 bits per heavy atom. The normalized spacial score (nSPS) is 20.9. The molecule has 238 valence electrons. The average Bonchev–Trinajstić information content (AvgIpc) is 3.20. The molecule has 6 heteroatoms. The SMILES string of the molecule is C=C(F)/C(F)=C(\C=C/C)N/C(C)=C(C)/C(=C\C(=C)c1ccc2c(c1)N(C1CC(CC)C1)C(=O)C2(CCC)CCC)N=CCC. The summed E-state index contributed by atoms with van der Waals surface area (Å²) in [5.74, 6) is -1.24. The van der Waals surface area contributed by atoms with Crippen molar-refractivity contribution in [1.82, 2.24) is 5.32 Å². The number of carbonyl (C=O) groups is 1. The molecule has 0 unspecified atom stereocenters. The van der Waals surface area contributed by atoms with Crippen LogP contribution in [0.2, 0.25) is 0 Å². The highest BCUT2D eigenvalue weighted by Crippen LogP contribution is 2.52. The van der Waals surface area contributed by atoms with E-state index >= 15 is 0 Å². The minimum atomic E-state index is -1.14. The first-order chi connectivity index (χ1) is 21.0. The van der Waals surface area contributed by atoms with Crippen molar-refractivity contribution < 1.29 is 13.6 Å². The number of hydrogen-bond donors (Lipinski definition) is 1. The summed E-state index contributed by atoms with van der Waals surface area (Å²) in [6.45, 7) is 21.5. The minimum absolute atomic E-state index is 0.0122. The van der Waals surface area contributed by atoms with E-state index in [1.165, 1.54) is 6.08 Å². The molecule has 0 bridgehead atoms. The minimum Gasteiger partial charge on any atom is -0.356 e. The second-order valence-electron chi connectivity index (χ2n) is 12.2. The van der Waals surface area contributed by atoms with Gasteiger partial charge >= 0.3 is 0 Å². The number of carbonyl (C=O) groups excluding carboxylic acids is 1. The molecule has 1 aromatic carbocycles. The van der Waals surface area contributed by atoms with Gasteiger partial charge in [-0.05, 0) is 99.3 Å². The van der Waals surface area contributed by atoms with Gasteiger partial charge in [-0.2, -0.15) is 0 Å². The zero-order valence-electron chi connectivity index (χ0n) is 27.8. The van der Waals surface area contributed by atoms with Gasteiger partial charge < -0.3 is 10.2 Å². The van der Waals surface area contributed by atoms with Gasteiger partial charge in [0.2, 0.25) is 5.91 Å². The summed E-state index contributed by atoms with van der Waals surface area (Å²) in [6, 6.07) is 6.60. The Balaban J connectivity index is 2.08.